The minimum Gasteiger partial charge on any atom is -0.383 e. The minimum atomic E-state index is 0.722. The molecule has 0 spiro atoms. The third-order valence-electron chi connectivity index (χ3n) is 4.44. The number of rotatable bonds is 7. The van der Waals surface area contributed by atoms with Crippen molar-refractivity contribution in [2.24, 2.45) is 0 Å². The zero-order valence-electron chi connectivity index (χ0n) is 14.8. The average Bonchev–Trinajstić information content (AvgIpc) is 3.17. The lowest BCUT2D eigenvalue weighted by Gasteiger charge is -2.08. The standard InChI is InChI=1S/C21H20ClN5/c22-18-10-8-16(9-11-18)20-15-27(26-25-20)14-2-1-12-23-19-7-3-5-17-6-4-13-24-21(17)19/h3-11,13,15,23H,1-2,12,14H2. The molecule has 0 radical (unpaired) electrons. The van der Waals surface area contributed by atoms with E-state index in [4.69, 9.17) is 11.6 Å². The number of hydrogen-bond acceptors (Lipinski definition) is 4. The van der Waals surface area contributed by atoms with E-state index in [2.05, 4.69) is 44.9 Å². The van der Waals surface area contributed by atoms with Gasteiger partial charge in [-0.3, -0.25) is 9.67 Å². The van der Waals surface area contributed by atoms with Crippen molar-refractivity contribution in [3.8, 4) is 11.3 Å². The molecule has 0 atom stereocenters. The molecule has 0 aliphatic heterocycles. The molecule has 2 heterocycles. The Balaban J connectivity index is 1.27. The number of unbranched alkanes of at least 4 members (excludes halogenated alkanes) is 1. The summed E-state index contributed by atoms with van der Waals surface area (Å²) in [6.45, 7) is 1.74. The van der Waals surface area contributed by atoms with Gasteiger partial charge in [0.25, 0.3) is 0 Å². The predicted octanol–water partition coefficient (Wildman–Crippen LogP) is 5.04. The first kappa shape index (κ1) is 17.5. The summed E-state index contributed by atoms with van der Waals surface area (Å²) in [7, 11) is 0. The SMILES string of the molecule is Clc1ccc(-c2cn(CCCCNc3cccc4cccnc34)nn2)cc1. The second-order valence-electron chi connectivity index (χ2n) is 6.39. The van der Waals surface area contributed by atoms with E-state index >= 15 is 0 Å². The minimum absolute atomic E-state index is 0.722. The average molecular weight is 378 g/mol. The van der Waals surface area contributed by atoms with E-state index in [1.165, 1.54) is 0 Å². The Morgan fingerprint density at radius 1 is 0.963 bits per heavy atom. The van der Waals surface area contributed by atoms with Crippen LogP contribution in [0.2, 0.25) is 5.02 Å². The van der Waals surface area contributed by atoms with Crippen LogP contribution in [0.3, 0.4) is 0 Å². The molecule has 0 saturated carbocycles. The highest BCUT2D eigenvalue weighted by atomic mass is 35.5. The molecular formula is C21H20ClN5. The molecule has 0 saturated heterocycles. The number of pyridine rings is 1. The number of hydrogen-bond donors (Lipinski definition) is 1. The molecule has 0 unspecified atom stereocenters. The zero-order chi connectivity index (χ0) is 18.5. The molecule has 2 aromatic carbocycles. The number of anilines is 1. The van der Waals surface area contributed by atoms with Crippen LogP contribution in [0, 0.1) is 0 Å². The van der Waals surface area contributed by atoms with Crippen LogP contribution in [0.4, 0.5) is 5.69 Å². The summed E-state index contributed by atoms with van der Waals surface area (Å²) in [6.07, 6.45) is 5.87. The van der Waals surface area contributed by atoms with Crippen molar-refractivity contribution in [2.75, 3.05) is 11.9 Å². The summed E-state index contributed by atoms with van der Waals surface area (Å²) in [5, 5.41) is 13.8. The Morgan fingerprint density at radius 2 is 1.81 bits per heavy atom. The monoisotopic (exact) mass is 377 g/mol. The Hall–Kier alpha value is -2.92. The number of aryl methyl sites for hydroxylation is 1. The molecule has 0 aliphatic rings. The molecule has 2 aromatic heterocycles. The van der Waals surface area contributed by atoms with E-state index in [1.807, 2.05) is 47.4 Å². The first-order valence-corrected chi connectivity index (χ1v) is 9.41. The summed E-state index contributed by atoms with van der Waals surface area (Å²) in [6, 6.07) is 17.9. The van der Waals surface area contributed by atoms with Gasteiger partial charge >= 0.3 is 0 Å². The Labute approximate surface area is 163 Å². The van der Waals surface area contributed by atoms with Gasteiger partial charge in [0.15, 0.2) is 0 Å². The van der Waals surface area contributed by atoms with Gasteiger partial charge in [0, 0.05) is 35.3 Å². The van der Waals surface area contributed by atoms with Crippen LogP contribution in [-0.2, 0) is 6.54 Å². The number of para-hydroxylation sites is 1. The van der Waals surface area contributed by atoms with Crippen molar-refractivity contribution < 1.29 is 0 Å². The molecule has 0 aliphatic carbocycles. The number of nitrogens with one attached hydrogen (secondary N) is 1. The van der Waals surface area contributed by atoms with Gasteiger partial charge in [0.1, 0.15) is 5.69 Å². The van der Waals surface area contributed by atoms with Gasteiger partial charge in [0.05, 0.1) is 17.4 Å². The third-order valence-corrected chi connectivity index (χ3v) is 4.69. The highest BCUT2D eigenvalue weighted by Gasteiger charge is 2.04. The number of aromatic nitrogens is 4. The van der Waals surface area contributed by atoms with Crippen molar-refractivity contribution in [2.45, 2.75) is 19.4 Å². The van der Waals surface area contributed by atoms with Crippen LogP contribution in [0.15, 0.2) is 67.0 Å². The predicted molar refractivity (Wildman–Crippen MR) is 110 cm³/mol. The molecule has 1 N–H and O–H groups in total. The summed E-state index contributed by atoms with van der Waals surface area (Å²) in [5.41, 5.74) is 3.99. The Bertz CT molecular complexity index is 1020. The summed E-state index contributed by atoms with van der Waals surface area (Å²) < 4.78 is 1.89. The number of fused-ring (bicyclic) bond motifs is 1. The first-order chi connectivity index (χ1) is 13.3. The summed E-state index contributed by atoms with van der Waals surface area (Å²) >= 11 is 5.93. The second-order valence-corrected chi connectivity index (χ2v) is 6.82. The van der Waals surface area contributed by atoms with E-state index in [0.717, 1.165) is 58.8 Å². The molecule has 4 rings (SSSR count). The Kier molecular flexibility index (Phi) is 5.30. The molecule has 27 heavy (non-hydrogen) atoms. The highest BCUT2D eigenvalue weighted by molar-refractivity contribution is 6.30. The van der Waals surface area contributed by atoms with Gasteiger partial charge in [-0.05, 0) is 37.1 Å². The lowest BCUT2D eigenvalue weighted by molar-refractivity contribution is 0.548. The summed E-state index contributed by atoms with van der Waals surface area (Å²) in [4.78, 5) is 4.47. The van der Waals surface area contributed by atoms with E-state index in [0.29, 0.717) is 0 Å². The van der Waals surface area contributed by atoms with E-state index < -0.39 is 0 Å². The second kappa shape index (κ2) is 8.18. The van der Waals surface area contributed by atoms with Crippen molar-refractivity contribution in [1.29, 1.82) is 0 Å². The molecule has 136 valence electrons. The van der Waals surface area contributed by atoms with Gasteiger partial charge in [-0.2, -0.15) is 0 Å². The topological polar surface area (TPSA) is 55.6 Å². The van der Waals surface area contributed by atoms with Gasteiger partial charge in [-0.1, -0.05) is 47.1 Å². The maximum atomic E-state index is 5.93. The van der Waals surface area contributed by atoms with Crippen LogP contribution >= 0.6 is 11.6 Å². The summed E-state index contributed by atoms with van der Waals surface area (Å²) in [5.74, 6) is 0. The molecule has 4 aromatic rings. The molecule has 0 fully saturated rings. The number of halogens is 1. The third kappa shape index (κ3) is 4.26. The molecule has 0 bridgehead atoms. The molecule has 5 nitrogen and oxygen atoms in total. The lowest BCUT2D eigenvalue weighted by Crippen LogP contribution is -2.05. The van der Waals surface area contributed by atoms with Crippen molar-refractivity contribution >= 4 is 28.2 Å². The van der Waals surface area contributed by atoms with Crippen LogP contribution in [0.1, 0.15) is 12.8 Å². The highest BCUT2D eigenvalue weighted by Crippen LogP contribution is 2.21. The van der Waals surface area contributed by atoms with Crippen molar-refractivity contribution in [3.05, 3.63) is 72.0 Å². The van der Waals surface area contributed by atoms with E-state index in [1.54, 1.807) is 0 Å². The smallest absolute Gasteiger partial charge is 0.113 e. The number of benzene rings is 2. The van der Waals surface area contributed by atoms with Gasteiger partial charge in [-0.15, -0.1) is 5.10 Å². The van der Waals surface area contributed by atoms with Crippen LogP contribution in [0.25, 0.3) is 22.2 Å². The van der Waals surface area contributed by atoms with Gasteiger partial charge in [0.2, 0.25) is 0 Å². The molecular weight excluding hydrogens is 358 g/mol. The number of nitrogens with zero attached hydrogens (tertiary/aromatic N) is 4. The lowest BCUT2D eigenvalue weighted by atomic mass is 10.2. The van der Waals surface area contributed by atoms with Crippen molar-refractivity contribution in [1.82, 2.24) is 20.0 Å². The normalized spacial score (nSPS) is 11.0. The maximum Gasteiger partial charge on any atom is 0.113 e. The van der Waals surface area contributed by atoms with Crippen molar-refractivity contribution in [3.63, 3.8) is 0 Å². The van der Waals surface area contributed by atoms with Crippen LogP contribution in [0.5, 0.6) is 0 Å². The zero-order valence-corrected chi connectivity index (χ0v) is 15.6. The fourth-order valence-electron chi connectivity index (χ4n) is 3.03. The van der Waals surface area contributed by atoms with Crippen LogP contribution < -0.4 is 5.32 Å². The largest absolute Gasteiger partial charge is 0.383 e. The maximum absolute atomic E-state index is 5.93. The van der Waals surface area contributed by atoms with Gasteiger partial charge in [-0.25, -0.2) is 0 Å². The fourth-order valence-corrected chi connectivity index (χ4v) is 3.16. The molecule has 0 amide bonds. The fraction of sp³-hybridized carbons (Fsp3) is 0.190. The van der Waals surface area contributed by atoms with E-state index in [-0.39, 0.29) is 0 Å². The van der Waals surface area contributed by atoms with Crippen LogP contribution in [-0.4, -0.2) is 26.5 Å². The quantitative estimate of drug-likeness (QED) is 0.458. The van der Waals surface area contributed by atoms with Gasteiger partial charge < -0.3 is 5.32 Å². The molecule has 6 heteroatoms. The first-order valence-electron chi connectivity index (χ1n) is 9.03. The van der Waals surface area contributed by atoms with E-state index in [9.17, 15) is 0 Å². The Morgan fingerprint density at radius 3 is 2.70 bits per heavy atom.